The van der Waals surface area contributed by atoms with Crippen molar-refractivity contribution in [2.24, 2.45) is 5.16 Å². The molecule has 1 N–H and O–H groups in total. The molecular weight excluding hydrogens is 478 g/mol. The summed E-state index contributed by atoms with van der Waals surface area (Å²) < 4.78 is 38.6. The minimum absolute atomic E-state index is 0.113. The molecule has 0 saturated carbocycles. The van der Waals surface area contributed by atoms with Gasteiger partial charge in [-0.25, -0.2) is 4.79 Å². The number of oxime groups is 1. The number of nitrogens with zero attached hydrogens (tertiary/aromatic N) is 2. The van der Waals surface area contributed by atoms with Crippen LogP contribution in [0.5, 0.6) is 0 Å². The Labute approximate surface area is 200 Å². The molecule has 0 saturated heterocycles. The van der Waals surface area contributed by atoms with Crippen LogP contribution < -0.4 is 5.32 Å². The Morgan fingerprint density at radius 2 is 1.79 bits per heavy atom. The fourth-order valence-corrected chi connectivity index (χ4v) is 3.55. The molecule has 2 aromatic carbocycles. The second-order valence-electron chi connectivity index (χ2n) is 8.85. The minimum atomic E-state index is -4.42. The smallest absolute Gasteiger partial charge is 0.390 e. The monoisotopic (exact) mass is 501 g/mol. The number of hydrogen-bond acceptors (Lipinski definition) is 3. The van der Waals surface area contributed by atoms with E-state index in [1.54, 1.807) is 18.2 Å². The second-order valence-corrected chi connectivity index (χ2v) is 9.67. The lowest BCUT2D eigenvalue weighted by Crippen LogP contribution is -2.50. The standard InChI is InChI=1S/C23H24Cl2F3N3O2/c1-22(2,3)29-21(32)31(12-14-4-7-16(8-5-14)23(26,27)28)13-17-11-20(30-33-17)15-6-9-18(24)19(25)10-15/h4-10,17H,11-13H2,1-3H3,(H,29,32)/t17-/m1/s1. The average molecular weight is 502 g/mol. The fourth-order valence-electron chi connectivity index (χ4n) is 3.26. The van der Waals surface area contributed by atoms with Crippen LogP contribution >= 0.6 is 23.2 Å². The van der Waals surface area contributed by atoms with Crippen LogP contribution in [0.3, 0.4) is 0 Å². The van der Waals surface area contributed by atoms with Gasteiger partial charge in [-0.05, 0) is 50.6 Å². The van der Waals surface area contributed by atoms with Gasteiger partial charge in [0.2, 0.25) is 0 Å². The van der Waals surface area contributed by atoms with Crippen molar-refractivity contribution in [1.29, 1.82) is 0 Å². The molecule has 0 unspecified atom stereocenters. The molecule has 1 aliphatic heterocycles. The molecule has 5 nitrogen and oxygen atoms in total. The number of urea groups is 1. The van der Waals surface area contributed by atoms with Crippen molar-refractivity contribution in [1.82, 2.24) is 10.2 Å². The first kappa shape index (κ1) is 25.2. The first-order valence-electron chi connectivity index (χ1n) is 10.2. The third-order valence-electron chi connectivity index (χ3n) is 4.83. The van der Waals surface area contributed by atoms with E-state index in [0.29, 0.717) is 27.7 Å². The summed E-state index contributed by atoms with van der Waals surface area (Å²) in [6.45, 7) is 5.84. The van der Waals surface area contributed by atoms with E-state index in [1.807, 2.05) is 20.8 Å². The van der Waals surface area contributed by atoms with Crippen LogP contribution in [0.2, 0.25) is 10.0 Å². The summed E-state index contributed by atoms with van der Waals surface area (Å²) in [5.41, 5.74) is 0.768. The van der Waals surface area contributed by atoms with E-state index in [-0.39, 0.29) is 19.1 Å². The predicted molar refractivity (Wildman–Crippen MR) is 123 cm³/mol. The van der Waals surface area contributed by atoms with Crippen molar-refractivity contribution < 1.29 is 22.8 Å². The van der Waals surface area contributed by atoms with Crippen LogP contribution in [-0.4, -0.2) is 34.8 Å². The SMILES string of the molecule is CC(C)(C)NC(=O)N(Cc1ccc(C(F)(F)F)cc1)C[C@H]1CC(c2ccc(Cl)c(Cl)c2)=NO1. The van der Waals surface area contributed by atoms with E-state index in [9.17, 15) is 18.0 Å². The van der Waals surface area contributed by atoms with Crippen molar-refractivity contribution in [3.8, 4) is 0 Å². The quantitative estimate of drug-likeness (QED) is 0.507. The third-order valence-corrected chi connectivity index (χ3v) is 5.57. The van der Waals surface area contributed by atoms with E-state index < -0.39 is 23.4 Å². The van der Waals surface area contributed by atoms with Gasteiger partial charge in [0.05, 0.1) is 27.9 Å². The van der Waals surface area contributed by atoms with Crippen molar-refractivity contribution in [3.05, 3.63) is 69.2 Å². The number of benzene rings is 2. The number of rotatable bonds is 5. The molecule has 0 aromatic heterocycles. The average Bonchev–Trinajstić information content (AvgIpc) is 3.16. The Balaban J connectivity index is 1.72. The van der Waals surface area contributed by atoms with Crippen LogP contribution in [0.4, 0.5) is 18.0 Å². The number of alkyl halides is 3. The molecule has 33 heavy (non-hydrogen) atoms. The van der Waals surface area contributed by atoms with Crippen molar-refractivity contribution in [3.63, 3.8) is 0 Å². The number of halogens is 5. The maximum atomic E-state index is 12.9. The molecule has 10 heteroatoms. The molecule has 0 aliphatic carbocycles. The zero-order valence-electron chi connectivity index (χ0n) is 18.3. The molecule has 0 fully saturated rings. The topological polar surface area (TPSA) is 53.9 Å². The highest BCUT2D eigenvalue weighted by Crippen LogP contribution is 2.29. The third kappa shape index (κ3) is 7.01. The Morgan fingerprint density at radius 3 is 2.36 bits per heavy atom. The van der Waals surface area contributed by atoms with Gasteiger partial charge in [-0.3, -0.25) is 0 Å². The van der Waals surface area contributed by atoms with Crippen LogP contribution in [-0.2, 0) is 17.6 Å². The van der Waals surface area contributed by atoms with Gasteiger partial charge in [0.1, 0.15) is 0 Å². The van der Waals surface area contributed by atoms with E-state index in [1.165, 1.54) is 17.0 Å². The maximum Gasteiger partial charge on any atom is 0.416 e. The summed E-state index contributed by atoms with van der Waals surface area (Å²) in [5, 5.41) is 7.84. The Hall–Kier alpha value is -2.45. The van der Waals surface area contributed by atoms with Crippen molar-refractivity contribution in [2.75, 3.05) is 6.54 Å². The first-order valence-corrected chi connectivity index (χ1v) is 11.0. The van der Waals surface area contributed by atoms with Crippen LogP contribution in [0.25, 0.3) is 0 Å². The van der Waals surface area contributed by atoms with E-state index in [4.69, 9.17) is 28.0 Å². The van der Waals surface area contributed by atoms with E-state index in [0.717, 1.165) is 17.7 Å². The molecule has 2 aromatic rings. The van der Waals surface area contributed by atoms with Gasteiger partial charge >= 0.3 is 12.2 Å². The summed E-state index contributed by atoms with van der Waals surface area (Å²) in [5.74, 6) is 0. The normalized spacial score (nSPS) is 16.2. The molecule has 178 valence electrons. The molecule has 0 spiro atoms. The number of hydrogen-bond donors (Lipinski definition) is 1. The highest BCUT2D eigenvalue weighted by Gasteiger charge is 2.31. The summed E-state index contributed by atoms with van der Waals surface area (Å²) >= 11 is 12.1. The lowest BCUT2D eigenvalue weighted by atomic mass is 10.0. The molecule has 0 radical (unpaired) electrons. The number of carbonyl (C=O) groups excluding carboxylic acids is 1. The summed E-state index contributed by atoms with van der Waals surface area (Å²) in [6.07, 6.45) is -4.41. The first-order chi connectivity index (χ1) is 15.3. The van der Waals surface area contributed by atoms with Crippen LogP contribution in [0.1, 0.15) is 43.9 Å². The van der Waals surface area contributed by atoms with Gasteiger partial charge in [0.25, 0.3) is 0 Å². The Kier molecular flexibility index (Phi) is 7.49. The Bertz CT molecular complexity index is 1030. The molecule has 2 amide bonds. The summed E-state index contributed by atoms with van der Waals surface area (Å²) in [6, 6.07) is 9.54. The Morgan fingerprint density at radius 1 is 1.12 bits per heavy atom. The molecule has 3 rings (SSSR count). The molecule has 1 heterocycles. The largest absolute Gasteiger partial charge is 0.416 e. The lowest BCUT2D eigenvalue weighted by Gasteiger charge is -2.29. The van der Waals surface area contributed by atoms with Crippen molar-refractivity contribution >= 4 is 34.9 Å². The van der Waals surface area contributed by atoms with Gasteiger partial charge in [0, 0.05) is 24.1 Å². The molecule has 1 atom stereocenters. The van der Waals surface area contributed by atoms with E-state index in [2.05, 4.69) is 10.5 Å². The van der Waals surface area contributed by atoms with Crippen LogP contribution in [0.15, 0.2) is 47.6 Å². The summed E-state index contributed by atoms with van der Waals surface area (Å²) in [4.78, 5) is 20.0. The summed E-state index contributed by atoms with van der Waals surface area (Å²) in [7, 11) is 0. The number of amides is 2. The number of carbonyl (C=O) groups is 1. The van der Waals surface area contributed by atoms with Gasteiger partial charge in [0.15, 0.2) is 6.10 Å². The highest BCUT2D eigenvalue weighted by atomic mass is 35.5. The number of nitrogens with one attached hydrogen (secondary N) is 1. The van der Waals surface area contributed by atoms with Gasteiger partial charge in [-0.1, -0.05) is 46.6 Å². The second kappa shape index (κ2) is 9.81. The highest BCUT2D eigenvalue weighted by molar-refractivity contribution is 6.42. The molecular formula is C23H24Cl2F3N3O2. The molecule has 1 aliphatic rings. The lowest BCUT2D eigenvalue weighted by molar-refractivity contribution is -0.137. The van der Waals surface area contributed by atoms with Gasteiger partial charge in [-0.2, -0.15) is 13.2 Å². The van der Waals surface area contributed by atoms with E-state index >= 15 is 0 Å². The van der Waals surface area contributed by atoms with Crippen molar-refractivity contribution in [2.45, 2.75) is 51.6 Å². The molecule has 0 bridgehead atoms. The zero-order chi connectivity index (χ0) is 24.4. The van der Waals surface area contributed by atoms with Gasteiger partial charge in [-0.15, -0.1) is 0 Å². The zero-order valence-corrected chi connectivity index (χ0v) is 19.9. The minimum Gasteiger partial charge on any atom is -0.390 e. The predicted octanol–water partition coefficient (Wildman–Crippen LogP) is 6.52. The fraction of sp³-hybridized carbons (Fsp3) is 0.391. The van der Waals surface area contributed by atoms with Crippen LogP contribution in [0, 0.1) is 0 Å². The maximum absolute atomic E-state index is 12.9. The van der Waals surface area contributed by atoms with Gasteiger partial charge < -0.3 is 15.1 Å².